The zero-order valence-corrected chi connectivity index (χ0v) is 17.2. The van der Waals surface area contributed by atoms with Gasteiger partial charge in [0.25, 0.3) is 0 Å². The van der Waals surface area contributed by atoms with E-state index < -0.39 is 0 Å². The Labute approximate surface area is 172 Å². The zero-order valence-electron chi connectivity index (χ0n) is 17.2. The van der Waals surface area contributed by atoms with Crippen LogP contribution in [0.1, 0.15) is 64.7 Å². The monoisotopic (exact) mass is 389 g/mol. The van der Waals surface area contributed by atoms with E-state index in [0.717, 1.165) is 34.5 Å². The molecule has 1 aliphatic carbocycles. The van der Waals surface area contributed by atoms with Crippen molar-refractivity contribution in [2.24, 2.45) is 0 Å². The summed E-state index contributed by atoms with van der Waals surface area (Å²) in [5.74, 6) is 1.93. The van der Waals surface area contributed by atoms with E-state index in [9.17, 15) is 4.79 Å². The number of aryl methyl sites for hydroxylation is 2. The summed E-state index contributed by atoms with van der Waals surface area (Å²) in [6.07, 6.45) is 8.24. The van der Waals surface area contributed by atoms with Gasteiger partial charge in [0.15, 0.2) is 5.76 Å². The lowest BCUT2D eigenvalue weighted by atomic mass is 9.93. The van der Waals surface area contributed by atoms with Crippen molar-refractivity contribution in [2.75, 3.05) is 6.73 Å². The third-order valence-corrected chi connectivity index (χ3v) is 6.52. The lowest BCUT2D eigenvalue weighted by Crippen LogP contribution is -2.41. The first-order valence-corrected chi connectivity index (χ1v) is 10.6. The van der Waals surface area contributed by atoms with Crippen molar-refractivity contribution in [3.8, 4) is 11.5 Å². The molecular weight excluding hydrogens is 362 g/mol. The summed E-state index contributed by atoms with van der Waals surface area (Å²) in [4.78, 5) is 15.6. The number of nitrogens with zero attached hydrogens (tertiary/aromatic N) is 1. The molecule has 0 bridgehead atoms. The van der Waals surface area contributed by atoms with Crippen LogP contribution in [0.3, 0.4) is 0 Å². The second-order valence-electron chi connectivity index (χ2n) is 8.48. The number of benzene rings is 2. The van der Waals surface area contributed by atoms with Crippen LogP contribution >= 0.6 is 0 Å². The Morgan fingerprint density at radius 2 is 1.86 bits per heavy atom. The van der Waals surface area contributed by atoms with Crippen molar-refractivity contribution in [2.45, 2.75) is 58.5 Å². The molecule has 2 aliphatic heterocycles. The Bertz CT molecular complexity index is 1000. The highest BCUT2D eigenvalue weighted by atomic mass is 16.5. The molecule has 0 atom stereocenters. The summed E-state index contributed by atoms with van der Waals surface area (Å²) in [5.41, 5.74) is 4.76. The smallest absolute Gasteiger partial charge is 0.232 e. The summed E-state index contributed by atoms with van der Waals surface area (Å²) in [6.45, 7) is 5.42. The molecule has 0 saturated heterocycles. The molecule has 4 heteroatoms. The molecule has 29 heavy (non-hydrogen) atoms. The van der Waals surface area contributed by atoms with Crippen LogP contribution in [0.4, 0.5) is 0 Å². The molecule has 0 amide bonds. The highest BCUT2D eigenvalue weighted by Gasteiger charge is 2.36. The number of carbonyl (C=O) groups excluding carboxylic acids is 1. The van der Waals surface area contributed by atoms with Crippen LogP contribution in [0.25, 0.3) is 6.08 Å². The molecule has 150 valence electrons. The molecule has 0 spiro atoms. The number of fused-ring (bicyclic) bond motifs is 3. The van der Waals surface area contributed by atoms with E-state index in [2.05, 4.69) is 4.90 Å². The van der Waals surface area contributed by atoms with Crippen molar-refractivity contribution < 1.29 is 14.3 Å². The lowest BCUT2D eigenvalue weighted by molar-refractivity contribution is 0.0393. The van der Waals surface area contributed by atoms with E-state index in [-0.39, 0.29) is 5.78 Å². The number of hydrogen-bond acceptors (Lipinski definition) is 4. The molecule has 1 fully saturated rings. The predicted molar refractivity (Wildman–Crippen MR) is 113 cm³/mol. The van der Waals surface area contributed by atoms with Gasteiger partial charge in [-0.05, 0) is 55.5 Å². The SMILES string of the molecule is Cc1ccccc1/C=C1\Oc2c3c(cc(C)c2C1=O)OCN(C1CCCCC1)C3. The molecule has 2 aromatic rings. The Balaban J connectivity index is 1.50. The van der Waals surface area contributed by atoms with Gasteiger partial charge in [-0.2, -0.15) is 0 Å². The number of hydrogen-bond donors (Lipinski definition) is 0. The number of allylic oxidation sites excluding steroid dienone is 1. The minimum atomic E-state index is -0.0293. The molecule has 4 nitrogen and oxygen atoms in total. The van der Waals surface area contributed by atoms with Gasteiger partial charge in [-0.3, -0.25) is 9.69 Å². The summed E-state index contributed by atoms with van der Waals surface area (Å²) in [6, 6.07) is 10.6. The molecule has 0 radical (unpaired) electrons. The summed E-state index contributed by atoms with van der Waals surface area (Å²) < 4.78 is 12.3. The van der Waals surface area contributed by atoms with Crippen molar-refractivity contribution >= 4 is 11.9 Å². The minimum Gasteiger partial charge on any atom is -0.478 e. The fourth-order valence-corrected chi connectivity index (χ4v) is 4.82. The molecule has 0 aromatic heterocycles. The van der Waals surface area contributed by atoms with Crippen LogP contribution < -0.4 is 9.47 Å². The summed E-state index contributed by atoms with van der Waals surface area (Å²) in [7, 11) is 0. The molecule has 2 heterocycles. The van der Waals surface area contributed by atoms with Gasteiger partial charge in [-0.1, -0.05) is 43.5 Å². The van der Waals surface area contributed by atoms with Crippen molar-refractivity contribution in [3.63, 3.8) is 0 Å². The Morgan fingerprint density at radius 3 is 2.66 bits per heavy atom. The molecule has 0 unspecified atom stereocenters. The third kappa shape index (κ3) is 3.25. The van der Waals surface area contributed by atoms with Gasteiger partial charge in [0, 0.05) is 12.6 Å². The first kappa shape index (κ1) is 18.4. The maximum Gasteiger partial charge on any atom is 0.232 e. The second kappa shape index (κ2) is 7.34. The van der Waals surface area contributed by atoms with E-state index in [1.807, 2.05) is 50.3 Å². The number of ether oxygens (including phenoxy) is 2. The number of Topliss-reactive ketones (excluding diaryl/α,β-unsaturated/α-hetero) is 1. The molecule has 2 aromatic carbocycles. The van der Waals surface area contributed by atoms with E-state index >= 15 is 0 Å². The Morgan fingerprint density at radius 1 is 1.07 bits per heavy atom. The summed E-state index contributed by atoms with van der Waals surface area (Å²) in [5, 5.41) is 0. The third-order valence-electron chi connectivity index (χ3n) is 6.52. The zero-order chi connectivity index (χ0) is 20.0. The quantitative estimate of drug-likeness (QED) is 0.644. The molecule has 1 saturated carbocycles. The average molecular weight is 389 g/mol. The van der Waals surface area contributed by atoms with Crippen molar-refractivity contribution in [3.05, 3.63) is 63.9 Å². The number of ketones is 1. The van der Waals surface area contributed by atoms with Crippen LogP contribution in [0, 0.1) is 13.8 Å². The molecule has 5 rings (SSSR count). The van der Waals surface area contributed by atoms with Crippen molar-refractivity contribution in [1.82, 2.24) is 4.90 Å². The predicted octanol–water partition coefficient (Wildman–Crippen LogP) is 5.40. The molecule has 0 N–H and O–H groups in total. The molecular formula is C25H27NO3. The van der Waals surface area contributed by atoms with Gasteiger partial charge in [-0.15, -0.1) is 0 Å². The van der Waals surface area contributed by atoms with Crippen LogP contribution in [0.2, 0.25) is 0 Å². The minimum absolute atomic E-state index is 0.0293. The topological polar surface area (TPSA) is 38.8 Å². The van der Waals surface area contributed by atoms with Crippen LogP contribution in [0.15, 0.2) is 36.1 Å². The number of rotatable bonds is 2. The van der Waals surface area contributed by atoms with E-state index in [0.29, 0.717) is 29.8 Å². The standard InChI is InChI=1S/C25H27NO3/c1-16-8-6-7-9-18(16)13-22-24(27)23-17(2)12-21-20(25(23)29-22)14-26(15-28-21)19-10-4-3-5-11-19/h6-9,12-13,19H,3-5,10-11,14-15H2,1-2H3/b22-13-. The fraction of sp³-hybridized carbons (Fsp3) is 0.400. The van der Waals surface area contributed by atoms with E-state index in [1.165, 1.54) is 32.1 Å². The first-order valence-electron chi connectivity index (χ1n) is 10.6. The van der Waals surface area contributed by atoms with Gasteiger partial charge in [-0.25, -0.2) is 0 Å². The van der Waals surface area contributed by atoms with E-state index in [4.69, 9.17) is 9.47 Å². The van der Waals surface area contributed by atoms with Gasteiger partial charge in [0.05, 0.1) is 11.1 Å². The fourth-order valence-electron chi connectivity index (χ4n) is 4.82. The highest BCUT2D eigenvalue weighted by Crippen LogP contribution is 2.44. The normalized spacial score (nSPS) is 20.9. The van der Waals surface area contributed by atoms with Crippen LogP contribution in [-0.2, 0) is 6.54 Å². The summed E-state index contributed by atoms with van der Waals surface area (Å²) >= 11 is 0. The maximum absolute atomic E-state index is 13.2. The van der Waals surface area contributed by atoms with Gasteiger partial charge in [0.1, 0.15) is 18.2 Å². The first-order chi connectivity index (χ1) is 14.1. The van der Waals surface area contributed by atoms with Gasteiger partial charge in [0.2, 0.25) is 5.78 Å². The van der Waals surface area contributed by atoms with Crippen LogP contribution in [0.5, 0.6) is 11.5 Å². The maximum atomic E-state index is 13.2. The number of carbonyl (C=O) groups is 1. The Kier molecular flexibility index (Phi) is 4.67. The average Bonchev–Trinajstić information content (AvgIpc) is 3.07. The Hall–Kier alpha value is -2.59. The van der Waals surface area contributed by atoms with Gasteiger partial charge >= 0.3 is 0 Å². The van der Waals surface area contributed by atoms with Crippen molar-refractivity contribution in [1.29, 1.82) is 0 Å². The highest BCUT2D eigenvalue weighted by molar-refractivity contribution is 6.16. The van der Waals surface area contributed by atoms with Crippen LogP contribution in [-0.4, -0.2) is 23.5 Å². The van der Waals surface area contributed by atoms with Gasteiger partial charge < -0.3 is 9.47 Å². The van der Waals surface area contributed by atoms with E-state index in [1.54, 1.807) is 0 Å². The largest absolute Gasteiger partial charge is 0.478 e. The molecule has 3 aliphatic rings. The second-order valence-corrected chi connectivity index (χ2v) is 8.48. The lowest BCUT2D eigenvalue weighted by Gasteiger charge is -2.37.